The molecule has 26 heavy (non-hydrogen) atoms. The van der Waals surface area contributed by atoms with Crippen LogP contribution < -0.4 is 10.1 Å². The summed E-state index contributed by atoms with van der Waals surface area (Å²) in [4.78, 5) is 14.9. The average molecular weight is 357 g/mol. The van der Waals surface area contributed by atoms with E-state index in [9.17, 15) is 4.79 Å². The van der Waals surface area contributed by atoms with Crippen molar-refractivity contribution >= 4 is 5.91 Å². The molecule has 1 aliphatic heterocycles. The second kappa shape index (κ2) is 9.33. The number of methoxy groups -OCH3 is 1. The van der Waals surface area contributed by atoms with E-state index in [4.69, 9.17) is 4.74 Å². The summed E-state index contributed by atoms with van der Waals surface area (Å²) in [5.74, 6) is 1.10. The van der Waals surface area contributed by atoms with Crippen LogP contribution in [0.25, 0.3) is 0 Å². The molecule has 0 unspecified atom stereocenters. The molecular formula is C19H27N5O2. The Balaban J connectivity index is 1.35. The maximum atomic E-state index is 12.4. The monoisotopic (exact) mass is 357 g/mol. The van der Waals surface area contributed by atoms with E-state index < -0.39 is 0 Å². The zero-order chi connectivity index (χ0) is 18.2. The highest BCUT2D eigenvalue weighted by molar-refractivity contribution is 5.96. The molecule has 1 aromatic heterocycles. The first-order chi connectivity index (χ1) is 12.8. The van der Waals surface area contributed by atoms with E-state index in [0.717, 1.165) is 52.0 Å². The molecule has 0 radical (unpaired) electrons. The summed E-state index contributed by atoms with van der Waals surface area (Å²) in [5, 5.41) is 10.9. The number of carbonyl (C=O) groups excluding carboxylic acids is 1. The van der Waals surface area contributed by atoms with Crippen molar-refractivity contribution in [2.45, 2.75) is 25.8 Å². The Kier molecular flexibility index (Phi) is 6.60. The summed E-state index contributed by atoms with van der Waals surface area (Å²) in [6.45, 7) is 4.90. The van der Waals surface area contributed by atoms with Crippen LogP contribution in [-0.4, -0.2) is 59.1 Å². The smallest absolute Gasteiger partial charge is 0.255 e. The van der Waals surface area contributed by atoms with Gasteiger partial charge in [-0.2, -0.15) is 0 Å². The van der Waals surface area contributed by atoms with Gasteiger partial charge in [0.2, 0.25) is 0 Å². The fraction of sp³-hybridized carbons (Fsp3) is 0.526. The average Bonchev–Trinajstić information content (AvgIpc) is 3.20. The summed E-state index contributed by atoms with van der Waals surface area (Å²) in [6.07, 6.45) is 6.94. The van der Waals surface area contributed by atoms with Crippen molar-refractivity contribution in [3.8, 4) is 5.75 Å². The number of amides is 1. The van der Waals surface area contributed by atoms with E-state index in [1.165, 1.54) is 0 Å². The zero-order valence-electron chi connectivity index (χ0n) is 15.3. The van der Waals surface area contributed by atoms with Crippen LogP contribution in [0.2, 0.25) is 0 Å². The van der Waals surface area contributed by atoms with Crippen molar-refractivity contribution in [1.29, 1.82) is 0 Å². The number of ether oxygens (including phenoxy) is 1. The van der Waals surface area contributed by atoms with Gasteiger partial charge in [0.05, 0.1) is 18.9 Å². The predicted octanol–water partition coefficient (Wildman–Crippen LogP) is 1.82. The summed E-state index contributed by atoms with van der Waals surface area (Å²) >= 11 is 0. The first kappa shape index (κ1) is 18.4. The van der Waals surface area contributed by atoms with Crippen LogP contribution in [0.1, 0.15) is 29.6 Å². The molecule has 7 heteroatoms. The second-order valence-corrected chi connectivity index (χ2v) is 6.72. The van der Waals surface area contributed by atoms with Gasteiger partial charge in [0.1, 0.15) is 5.75 Å². The van der Waals surface area contributed by atoms with Crippen molar-refractivity contribution in [3.05, 3.63) is 42.2 Å². The summed E-state index contributed by atoms with van der Waals surface area (Å²) < 4.78 is 7.13. The van der Waals surface area contributed by atoms with Gasteiger partial charge in [-0.3, -0.25) is 9.48 Å². The van der Waals surface area contributed by atoms with Gasteiger partial charge < -0.3 is 15.0 Å². The quantitative estimate of drug-likeness (QED) is 0.780. The molecule has 1 saturated heterocycles. The lowest BCUT2D eigenvalue weighted by atomic mass is 9.96. The molecule has 0 aliphatic carbocycles. The van der Waals surface area contributed by atoms with Gasteiger partial charge in [0, 0.05) is 19.3 Å². The second-order valence-electron chi connectivity index (χ2n) is 6.72. The number of rotatable bonds is 8. The van der Waals surface area contributed by atoms with Gasteiger partial charge in [-0.15, -0.1) is 5.10 Å². The lowest BCUT2D eigenvalue weighted by Gasteiger charge is -2.32. The molecule has 7 nitrogen and oxygen atoms in total. The molecule has 140 valence electrons. The zero-order valence-corrected chi connectivity index (χ0v) is 15.3. The number of nitrogens with zero attached hydrogens (tertiary/aromatic N) is 4. The normalized spacial score (nSPS) is 15.7. The van der Waals surface area contributed by atoms with Crippen molar-refractivity contribution in [1.82, 2.24) is 25.2 Å². The predicted molar refractivity (Wildman–Crippen MR) is 99.1 cm³/mol. The highest BCUT2D eigenvalue weighted by Gasteiger charge is 2.20. The van der Waals surface area contributed by atoms with Crippen LogP contribution in [0.3, 0.4) is 0 Å². The van der Waals surface area contributed by atoms with E-state index in [1.807, 2.05) is 29.1 Å². The molecule has 1 fully saturated rings. The number of hydrogen-bond donors (Lipinski definition) is 1. The van der Waals surface area contributed by atoms with Crippen molar-refractivity contribution in [3.63, 3.8) is 0 Å². The van der Waals surface area contributed by atoms with Crippen LogP contribution in [0.4, 0.5) is 0 Å². The standard InChI is InChI=1S/C19H27N5O2/c1-26-18-6-3-2-5-17(18)19(25)20-15-16-7-12-23(13-8-16)10-4-11-24-14-9-21-22-24/h2-3,5-6,9,14,16H,4,7-8,10-13,15H2,1H3,(H,20,25). The number of aromatic nitrogens is 3. The van der Waals surface area contributed by atoms with Gasteiger partial charge in [0.15, 0.2) is 0 Å². The molecule has 0 saturated carbocycles. The van der Waals surface area contributed by atoms with Crippen LogP contribution in [0, 0.1) is 5.92 Å². The van der Waals surface area contributed by atoms with Gasteiger partial charge in [0.25, 0.3) is 5.91 Å². The molecular weight excluding hydrogens is 330 g/mol. The van der Waals surface area contributed by atoms with E-state index in [1.54, 1.807) is 19.4 Å². The van der Waals surface area contributed by atoms with Gasteiger partial charge in [-0.05, 0) is 56.9 Å². The third-order valence-corrected chi connectivity index (χ3v) is 4.94. The van der Waals surface area contributed by atoms with Gasteiger partial charge in [-0.1, -0.05) is 17.3 Å². The Labute approximate surface area is 154 Å². The molecule has 0 spiro atoms. The minimum Gasteiger partial charge on any atom is -0.496 e. The summed E-state index contributed by atoms with van der Waals surface area (Å²) in [7, 11) is 1.59. The number of hydrogen-bond acceptors (Lipinski definition) is 5. The maximum Gasteiger partial charge on any atom is 0.255 e. The molecule has 2 heterocycles. The summed E-state index contributed by atoms with van der Waals surface area (Å²) in [6, 6.07) is 7.34. The van der Waals surface area contributed by atoms with E-state index in [-0.39, 0.29) is 5.91 Å². The molecule has 0 atom stereocenters. The number of benzene rings is 1. The first-order valence-corrected chi connectivity index (χ1v) is 9.24. The molecule has 1 amide bonds. The van der Waals surface area contributed by atoms with E-state index in [2.05, 4.69) is 20.5 Å². The number of nitrogens with one attached hydrogen (secondary N) is 1. The minimum atomic E-state index is -0.0577. The number of likely N-dealkylation sites (tertiary alicyclic amines) is 1. The Bertz CT molecular complexity index is 681. The molecule has 2 aromatic rings. The SMILES string of the molecule is COc1ccccc1C(=O)NCC1CCN(CCCn2ccnn2)CC1. The molecule has 1 aromatic carbocycles. The maximum absolute atomic E-state index is 12.4. The molecule has 1 aliphatic rings. The largest absolute Gasteiger partial charge is 0.496 e. The fourth-order valence-corrected chi connectivity index (χ4v) is 3.39. The van der Waals surface area contributed by atoms with Crippen molar-refractivity contribution in [2.75, 3.05) is 33.3 Å². The van der Waals surface area contributed by atoms with Crippen LogP contribution in [-0.2, 0) is 6.54 Å². The third kappa shape index (κ3) is 5.05. The number of para-hydroxylation sites is 1. The van der Waals surface area contributed by atoms with E-state index in [0.29, 0.717) is 17.2 Å². The number of carbonyl (C=O) groups is 1. The highest BCUT2D eigenvalue weighted by Crippen LogP contribution is 2.19. The molecule has 0 bridgehead atoms. The van der Waals surface area contributed by atoms with Crippen molar-refractivity contribution in [2.24, 2.45) is 5.92 Å². The fourth-order valence-electron chi connectivity index (χ4n) is 3.39. The molecule has 3 rings (SSSR count). The number of aryl methyl sites for hydroxylation is 1. The lowest BCUT2D eigenvalue weighted by molar-refractivity contribution is 0.0933. The van der Waals surface area contributed by atoms with Crippen LogP contribution >= 0.6 is 0 Å². The third-order valence-electron chi connectivity index (χ3n) is 4.94. The topological polar surface area (TPSA) is 72.3 Å². The Morgan fingerprint density at radius 3 is 2.81 bits per heavy atom. The minimum absolute atomic E-state index is 0.0577. The Hall–Kier alpha value is -2.41. The number of piperidine rings is 1. The Morgan fingerprint density at radius 1 is 1.27 bits per heavy atom. The highest BCUT2D eigenvalue weighted by atomic mass is 16.5. The van der Waals surface area contributed by atoms with Gasteiger partial charge >= 0.3 is 0 Å². The van der Waals surface area contributed by atoms with E-state index >= 15 is 0 Å². The van der Waals surface area contributed by atoms with Crippen molar-refractivity contribution < 1.29 is 9.53 Å². The van der Waals surface area contributed by atoms with Crippen LogP contribution in [0.5, 0.6) is 5.75 Å². The summed E-state index contributed by atoms with van der Waals surface area (Å²) in [5.41, 5.74) is 0.598. The lowest BCUT2D eigenvalue weighted by Crippen LogP contribution is -2.39. The Morgan fingerprint density at radius 2 is 2.08 bits per heavy atom. The molecule has 1 N–H and O–H groups in total. The van der Waals surface area contributed by atoms with Gasteiger partial charge in [-0.25, -0.2) is 0 Å². The van der Waals surface area contributed by atoms with Crippen LogP contribution in [0.15, 0.2) is 36.7 Å². The first-order valence-electron chi connectivity index (χ1n) is 9.24.